The van der Waals surface area contributed by atoms with Crippen LogP contribution in [0.25, 0.3) is 0 Å². The van der Waals surface area contributed by atoms with Crippen molar-refractivity contribution >= 4 is 0 Å². The van der Waals surface area contributed by atoms with Crippen molar-refractivity contribution in [1.82, 2.24) is 9.55 Å². The second-order valence-corrected chi connectivity index (χ2v) is 6.76. The highest BCUT2D eigenvalue weighted by Gasteiger charge is 2.42. The lowest BCUT2D eigenvalue weighted by atomic mass is 9.81. The highest BCUT2D eigenvalue weighted by atomic mass is 16.5. The maximum atomic E-state index is 10.8. The molecule has 1 aromatic heterocycles. The van der Waals surface area contributed by atoms with Gasteiger partial charge in [-0.15, -0.1) is 0 Å². The Morgan fingerprint density at radius 3 is 2.85 bits per heavy atom. The lowest BCUT2D eigenvalue weighted by Crippen LogP contribution is -2.39. The van der Waals surface area contributed by atoms with Crippen LogP contribution in [0.2, 0.25) is 0 Å². The van der Waals surface area contributed by atoms with E-state index in [1.54, 1.807) is 0 Å². The van der Waals surface area contributed by atoms with Gasteiger partial charge in [0.1, 0.15) is 0 Å². The van der Waals surface area contributed by atoms with E-state index in [1.165, 1.54) is 25.7 Å². The fraction of sp³-hybridized carbons (Fsp3) is 0.812. The molecule has 0 aromatic carbocycles. The lowest BCUT2D eigenvalue weighted by Gasteiger charge is -2.40. The number of hydrogen-bond acceptors (Lipinski definition) is 3. The van der Waals surface area contributed by atoms with Gasteiger partial charge in [-0.05, 0) is 45.4 Å². The molecular weight excluding hydrogens is 252 g/mol. The van der Waals surface area contributed by atoms with Crippen LogP contribution >= 0.6 is 0 Å². The first-order valence-electron chi connectivity index (χ1n) is 7.95. The van der Waals surface area contributed by atoms with Gasteiger partial charge >= 0.3 is 0 Å². The summed E-state index contributed by atoms with van der Waals surface area (Å²) in [7, 11) is 0. The fourth-order valence-electron chi connectivity index (χ4n) is 3.92. The van der Waals surface area contributed by atoms with Crippen molar-refractivity contribution in [2.75, 3.05) is 6.61 Å². The molecule has 112 valence electrons. The van der Waals surface area contributed by atoms with Crippen LogP contribution in [0.5, 0.6) is 0 Å². The van der Waals surface area contributed by atoms with Gasteiger partial charge in [-0.25, -0.2) is 4.98 Å². The highest BCUT2D eigenvalue weighted by molar-refractivity contribution is 5.07. The zero-order valence-corrected chi connectivity index (χ0v) is 12.6. The quantitative estimate of drug-likeness (QED) is 0.923. The van der Waals surface area contributed by atoms with Gasteiger partial charge < -0.3 is 14.4 Å². The van der Waals surface area contributed by atoms with Gasteiger partial charge in [-0.1, -0.05) is 12.8 Å². The van der Waals surface area contributed by atoms with Gasteiger partial charge in [0.05, 0.1) is 29.9 Å². The van der Waals surface area contributed by atoms with E-state index in [2.05, 4.69) is 23.4 Å². The molecule has 2 fully saturated rings. The van der Waals surface area contributed by atoms with E-state index < -0.39 is 6.10 Å². The number of nitrogens with zero attached hydrogens (tertiary/aromatic N) is 2. The molecule has 2 unspecified atom stereocenters. The van der Waals surface area contributed by atoms with Crippen LogP contribution in [0.1, 0.15) is 70.2 Å². The number of ether oxygens (including phenoxy) is 1. The third kappa shape index (κ3) is 2.51. The largest absolute Gasteiger partial charge is 0.387 e. The molecule has 0 bridgehead atoms. The third-order valence-electron chi connectivity index (χ3n) is 5.05. The number of aromatic nitrogens is 2. The predicted octanol–water partition coefficient (Wildman–Crippen LogP) is 3.24. The van der Waals surface area contributed by atoms with Crippen molar-refractivity contribution in [2.24, 2.45) is 5.92 Å². The molecule has 2 heterocycles. The van der Waals surface area contributed by atoms with Crippen LogP contribution < -0.4 is 0 Å². The van der Waals surface area contributed by atoms with Crippen LogP contribution in [0.15, 0.2) is 12.5 Å². The van der Waals surface area contributed by atoms with Crippen molar-refractivity contribution in [3.8, 4) is 0 Å². The first-order valence-corrected chi connectivity index (χ1v) is 7.95. The van der Waals surface area contributed by atoms with E-state index >= 15 is 0 Å². The standard InChI is InChI=1S/C16H26N2O2/c1-12(2)18-11-17-10-14(18)15(19)13-5-8-20-16(9-13)6-3-4-7-16/h10-13,15,19H,3-9H2,1-2H3. The van der Waals surface area contributed by atoms with Gasteiger partial charge in [0.15, 0.2) is 0 Å². The molecule has 1 aliphatic carbocycles. The molecule has 4 nitrogen and oxygen atoms in total. The maximum absolute atomic E-state index is 10.8. The summed E-state index contributed by atoms with van der Waals surface area (Å²) >= 11 is 0. The molecule has 2 aliphatic rings. The first kappa shape index (κ1) is 14.1. The Kier molecular flexibility index (Phi) is 3.87. The molecule has 20 heavy (non-hydrogen) atoms. The summed E-state index contributed by atoms with van der Waals surface area (Å²) in [5, 5.41) is 10.8. The first-order chi connectivity index (χ1) is 9.61. The molecule has 1 saturated carbocycles. The highest BCUT2D eigenvalue weighted by Crippen LogP contribution is 2.45. The molecular formula is C16H26N2O2. The van der Waals surface area contributed by atoms with Crippen molar-refractivity contribution in [3.63, 3.8) is 0 Å². The van der Waals surface area contributed by atoms with Gasteiger partial charge in [-0.3, -0.25) is 0 Å². The number of hydrogen-bond donors (Lipinski definition) is 1. The van der Waals surface area contributed by atoms with Crippen LogP contribution in [-0.4, -0.2) is 26.9 Å². The normalized spacial score (nSPS) is 27.3. The van der Waals surface area contributed by atoms with Gasteiger partial charge in [0.25, 0.3) is 0 Å². The second kappa shape index (κ2) is 5.49. The summed E-state index contributed by atoms with van der Waals surface area (Å²) in [6.07, 6.45) is 10.1. The van der Waals surface area contributed by atoms with Crippen LogP contribution in [0, 0.1) is 5.92 Å². The summed E-state index contributed by atoms with van der Waals surface area (Å²) in [6.45, 7) is 5.04. The third-order valence-corrected chi connectivity index (χ3v) is 5.05. The Labute approximate surface area is 121 Å². The smallest absolute Gasteiger partial charge is 0.0985 e. The van der Waals surface area contributed by atoms with Crippen molar-refractivity contribution in [3.05, 3.63) is 18.2 Å². The zero-order chi connectivity index (χ0) is 14.2. The minimum Gasteiger partial charge on any atom is -0.387 e. The van der Waals surface area contributed by atoms with Gasteiger partial charge in [0.2, 0.25) is 0 Å². The summed E-state index contributed by atoms with van der Waals surface area (Å²) < 4.78 is 8.15. The molecule has 1 saturated heterocycles. The van der Waals surface area contributed by atoms with E-state index in [0.717, 1.165) is 25.1 Å². The second-order valence-electron chi connectivity index (χ2n) is 6.76. The Morgan fingerprint density at radius 1 is 1.40 bits per heavy atom. The minimum atomic E-state index is -0.415. The molecule has 1 aliphatic heterocycles. The summed E-state index contributed by atoms with van der Waals surface area (Å²) in [6, 6.07) is 0.336. The monoisotopic (exact) mass is 278 g/mol. The molecule has 3 rings (SSSR count). The Morgan fingerprint density at radius 2 is 2.15 bits per heavy atom. The van der Waals surface area contributed by atoms with Crippen LogP contribution in [0.3, 0.4) is 0 Å². The van der Waals surface area contributed by atoms with Crippen molar-refractivity contribution in [1.29, 1.82) is 0 Å². The van der Waals surface area contributed by atoms with E-state index in [1.807, 2.05) is 12.5 Å². The number of aliphatic hydroxyl groups is 1. The summed E-state index contributed by atoms with van der Waals surface area (Å²) in [5.41, 5.74) is 1.02. The Bertz CT molecular complexity index is 449. The molecule has 4 heteroatoms. The number of aliphatic hydroxyl groups excluding tert-OH is 1. The molecule has 0 amide bonds. The molecule has 1 aromatic rings. The molecule has 2 atom stereocenters. The zero-order valence-electron chi connectivity index (χ0n) is 12.6. The number of imidazole rings is 1. The van der Waals surface area contributed by atoms with Gasteiger partial charge in [-0.2, -0.15) is 0 Å². The fourth-order valence-corrected chi connectivity index (χ4v) is 3.92. The average Bonchev–Trinajstić information content (AvgIpc) is 3.07. The molecule has 0 radical (unpaired) electrons. The van der Waals surface area contributed by atoms with Gasteiger partial charge in [0, 0.05) is 12.6 Å². The minimum absolute atomic E-state index is 0.0621. The Hall–Kier alpha value is -0.870. The number of rotatable bonds is 3. The predicted molar refractivity (Wildman–Crippen MR) is 77.4 cm³/mol. The van der Waals surface area contributed by atoms with Crippen molar-refractivity contribution in [2.45, 2.75) is 70.1 Å². The Balaban J connectivity index is 1.76. The summed E-state index contributed by atoms with van der Waals surface area (Å²) in [5.74, 6) is 0.302. The van der Waals surface area contributed by atoms with E-state index in [4.69, 9.17) is 4.74 Å². The SMILES string of the molecule is CC(C)n1cncc1C(O)C1CCOC2(CCCC2)C1. The molecule has 1 N–H and O–H groups in total. The van der Waals surface area contributed by atoms with E-state index in [9.17, 15) is 5.11 Å². The van der Waals surface area contributed by atoms with Crippen molar-refractivity contribution < 1.29 is 9.84 Å². The summed E-state index contributed by atoms with van der Waals surface area (Å²) in [4.78, 5) is 4.22. The average molecular weight is 278 g/mol. The lowest BCUT2D eigenvalue weighted by molar-refractivity contribution is -0.114. The molecule has 1 spiro atoms. The topological polar surface area (TPSA) is 47.3 Å². The van der Waals surface area contributed by atoms with E-state index in [-0.39, 0.29) is 5.60 Å². The maximum Gasteiger partial charge on any atom is 0.0985 e. The van der Waals surface area contributed by atoms with E-state index in [0.29, 0.717) is 12.0 Å². The van der Waals surface area contributed by atoms with Crippen LogP contribution in [-0.2, 0) is 4.74 Å². The van der Waals surface area contributed by atoms with Crippen LogP contribution in [0.4, 0.5) is 0 Å².